The number of carbonyl (C=O) groups is 1. The normalized spacial score (nSPS) is 10.2. The van der Waals surface area contributed by atoms with E-state index in [0.717, 1.165) is 16.8 Å². The molecule has 1 N–H and O–H groups in total. The fourth-order valence-corrected chi connectivity index (χ4v) is 2.06. The van der Waals surface area contributed by atoms with Gasteiger partial charge in [-0.15, -0.1) is 0 Å². The summed E-state index contributed by atoms with van der Waals surface area (Å²) >= 11 is 0. The molecular formula is C18H20N2O. The average Bonchev–Trinajstić information content (AvgIpc) is 2.49. The number of aliphatic imine (C=N–C) groups is 1. The van der Waals surface area contributed by atoms with Crippen LogP contribution >= 0.6 is 0 Å². The van der Waals surface area contributed by atoms with Crippen molar-refractivity contribution in [3.05, 3.63) is 71.8 Å². The van der Waals surface area contributed by atoms with Crippen molar-refractivity contribution in [1.82, 2.24) is 5.32 Å². The number of nitrogens with one attached hydrogen (secondary N) is 1. The molecule has 0 aliphatic heterocycles. The lowest BCUT2D eigenvalue weighted by atomic mass is 10.0. The number of hydrogen-bond acceptors (Lipinski definition) is 2. The first-order valence-electron chi connectivity index (χ1n) is 7.11. The second kappa shape index (κ2) is 7.39. The highest BCUT2D eigenvalue weighted by Gasteiger charge is 2.08. The molecular weight excluding hydrogens is 260 g/mol. The van der Waals surface area contributed by atoms with Gasteiger partial charge >= 0.3 is 0 Å². The first kappa shape index (κ1) is 15.0. The zero-order valence-corrected chi connectivity index (χ0v) is 12.4. The molecule has 0 heterocycles. The van der Waals surface area contributed by atoms with Gasteiger partial charge < -0.3 is 5.32 Å². The molecule has 0 aliphatic carbocycles. The molecule has 0 aromatic heterocycles. The van der Waals surface area contributed by atoms with Crippen molar-refractivity contribution < 1.29 is 4.79 Å². The molecule has 0 unspecified atom stereocenters. The smallest absolute Gasteiger partial charge is 0.241 e. The Balaban J connectivity index is 2.27. The van der Waals surface area contributed by atoms with Gasteiger partial charge in [-0.2, -0.15) is 0 Å². The van der Waals surface area contributed by atoms with Crippen LogP contribution in [0.5, 0.6) is 0 Å². The third-order valence-electron chi connectivity index (χ3n) is 2.92. The Labute approximate surface area is 125 Å². The largest absolute Gasteiger partial charge is 0.352 e. The van der Waals surface area contributed by atoms with Crippen LogP contribution in [0.1, 0.15) is 25.0 Å². The molecule has 1 amide bonds. The molecule has 0 bridgehead atoms. The minimum absolute atomic E-state index is 0.0608. The fraction of sp³-hybridized carbons (Fsp3) is 0.222. The number of hydrogen-bond donors (Lipinski definition) is 1. The zero-order valence-electron chi connectivity index (χ0n) is 12.4. The SMILES string of the molecule is CC(C)NC(=O)CN=C(c1ccccc1)c1ccccc1. The van der Waals surface area contributed by atoms with E-state index in [2.05, 4.69) is 10.3 Å². The molecule has 108 valence electrons. The number of rotatable bonds is 5. The van der Waals surface area contributed by atoms with E-state index < -0.39 is 0 Å². The van der Waals surface area contributed by atoms with Gasteiger partial charge in [0.1, 0.15) is 6.54 Å². The van der Waals surface area contributed by atoms with Crippen LogP contribution in [0.4, 0.5) is 0 Å². The van der Waals surface area contributed by atoms with Gasteiger partial charge in [-0.1, -0.05) is 60.7 Å². The van der Waals surface area contributed by atoms with Crippen molar-refractivity contribution in [3.63, 3.8) is 0 Å². The number of carbonyl (C=O) groups excluding carboxylic acids is 1. The molecule has 0 spiro atoms. The van der Waals surface area contributed by atoms with E-state index in [4.69, 9.17) is 0 Å². The lowest BCUT2D eigenvalue weighted by molar-refractivity contribution is -0.120. The van der Waals surface area contributed by atoms with Crippen LogP contribution in [0, 0.1) is 0 Å². The summed E-state index contributed by atoms with van der Waals surface area (Å²) in [6.07, 6.45) is 0. The second-order valence-corrected chi connectivity index (χ2v) is 5.12. The average molecular weight is 280 g/mol. The molecule has 3 heteroatoms. The Morgan fingerprint density at radius 3 is 1.86 bits per heavy atom. The quantitative estimate of drug-likeness (QED) is 0.840. The summed E-state index contributed by atoms with van der Waals surface area (Å²) in [5.41, 5.74) is 2.87. The van der Waals surface area contributed by atoms with Crippen molar-refractivity contribution in [2.24, 2.45) is 4.99 Å². The van der Waals surface area contributed by atoms with E-state index in [1.807, 2.05) is 74.5 Å². The third kappa shape index (κ3) is 4.56. The number of amides is 1. The van der Waals surface area contributed by atoms with Crippen LogP contribution in [-0.2, 0) is 4.79 Å². The molecule has 2 rings (SSSR count). The van der Waals surface area contributed by atoms with E-state index in [0.29, 0.717) is 0 Å². The summed E-state index contributed by atoms with van der Waals surface area (Å²) in [5.74, 6) is -0.0608. The minimum atomic E-state index is -0.0608. The lowest BCUT2D eigenvalue weighted by Gasteiger charge is -2.09. The van der Waals surface area contributed by atoms with Gasteiger partial charge in [0.2, 0.25) is 5.91 Å². The number of nitrogens with zero attached hydrogens (tertiary/aromatic N) is 1. The van der Waals surface area contributed by atoms with E-state index in [1.165, 1.54) is 0 Å². The maximum absolute atomic E-state index is 11.8. The summed E-state index contributed by atoms with van der Waals surface area (Å²) in [6, 6.07) is 20.0. The maximum Gasteiger partial charge on any atom is 0.241 e. The number of benzene rings is 2. The lowest BCUT2D eigenvalue weighted by Crippen LogP contribution is -2.32. The predicted molar refractivity (Wildman–Crippen MR) is 86.7 cm³/mol. The molecule has 0 fully saturated rings. The highest BCUT2D eigenvalue weighted by Crippen LogP contribution is 2.10. The predicted octanol–water partition coefficient (Wildman–Crippen LogP) is 3.05. The van der Waals surface area contributed by atoms with E-state index in [1.54, 1.807) is 0 Å². The second-order valence-electron chi connectivity index (χ2n) is 5.12. The van der Waals surface area contributed by atoms with E-state index in [-0.39, 0.29) is 18.5 Å². The van der Waals surface area contributed by atoms with Gasteiger partial charge in [0.25, 0.3) is 0 Å². The highest BCUT2D eigenvalue weighted by molar-refractivity contribution is 6.13. The van der Waals surface area contributed by atoms with Crippen LogP contribution in [0.2, 0.25) is 0 Å². The van der Waals surface area contributed by atoms with Crippen molar-refractivity contribution in [2.45, 2.75) is 19.9 Å². The Morgan fingerprint density at radius 1 is 0.952 bits per heavy atom. The van der Waals surface area contributed by atoms with Crippen LogP contribution in [0.25, 0.3) is 0 Å². The molecule has 3 nitrogen and oxygen atoms in total. The van der Waals surface area contributed by atoms with Crippen LogP contribution < -0.4 is 5.32 Å². The standard InChI is InChI=1S/C18H20N2O/c1-14(2)20-17(21)13-19-18(15-9-5-3-6-10-15)16-11-7-4-8-12-16/h3-12,14H,13H2,1-2H3,(H,20,21). The van der Waals surface area contributed by atoms with Gasteiger partial charge in [-0.3, -0.25) is 9.79 Å². The molecule has 0 saturated heterocycles. The summed E-state index contributed by atoms with van der Waals surface area (Å²) in [5, 5.41) is 2.86. The molecule has 2 aromatic carbocycles. The van der Waals surface area contributed by atoms with E-state index >= 15 is 0 Å². The zero-order chi connectivity index (χ0) is 15.1. The molecule has 0 saturated carbocycles. The Kier molecular flexibility index (Phi) is 5.27. The van der Waals surface area contributed by atoms with Gasteiger partial charge in [0.15, 0.2) is 0 Å². The van der Waals surface area contributed by atoms with Gasteiger partial charge in [0.05, 0.1) is 5.71 Å². The molecule has 2 aromatic rings. The molecule has 21 heavy (non-hydrogen) atoms. The summed E-state index contributed by atoms with van der Waals surface area (Å²) in [6.45, 7) is 4.02. The summed E-state index contributed by atoms with van der Waals surface area (Å²) in [7, 11) is 0. The molecule has 0 atom stereocenters. The van der Waals surface area contributed by atoms with Crippen molar-refractivity contribution >= 4 is 11.6 Å². The van der Waals surface area contributed by atoms with Gasteiger partial charge in [-0.05, 0) is 13.8 Å². The molecule has 0 aliphatic rings. The van der Waals surface area contributed by atoms with E-state index in [9.17, 15) is 4.79 Å². The van der Waals surface area contributed by atoms with Crippen molar-refractivity contribution in [1.29, 1.82) is 0 Å². The monoisotopic (exact) mass is 280 g/mol. The fourth-order valence-electron chi connectivity index (χ4n) is 2.06. The molecule has 0 radical (unpaired) electrons. The van der Waals surface area contributed by atoms with Crippen molar-refractivity contribution in [2.75, 3.05) is 6.54 Å². The topological polar surface area (TPSA) is 41.5 Å². The Bertz CT molecular complexity index is 562. The van der Waals surface area contributed by atoms with Crippen molar-refractivity contribution in [3.8, 4) is 0 Å². The van der Waals surface area contributed by atoms with Crippen LogP contribution in [0.3, 0.4) is 0 Å². The van der Waals surface area contributed by atoms with Crippen LogP contribution in [-0.4, -0.2) is 24.2 Å². The third-order valence-corrected chi connectivity index (χ3v) is 2.92. The minimum Gasteiger partial charge on any atom is -0.352 e. The first-order chi connectivity index (χ1) is 10.2. The first-order valence-corrected chi connectivity index (χ1v) is 7.11. The Hall–Kier alpha value is -2.42. The summed E-state index contributed by atoms with van der Waals surface area (Å²) < 4.78 is 0. The highest BCUT2D eigenvalue weighted by atomic mass is 16.1. The van der Waals surface area contributed by atoms with Crippen LogP contribution in [0.15, 0.2) is 65.7 Å². The Morgan fingerprint density at radius 2 is 1.43 bits per heavy atom. The van der Waals surface area contributed by atoms with Gasteiger partial charge in [-0.25, -0.2) is 0 Å². The maximum atomic E-state index is 11.8. The van der Waals surface area contributed by atoms with Gasteiger partial charge in [0, 0.05) is 17.2 Å². The summed E-state index contributed by atoms with van der Waals surface area (Å²) in [4.78, 5) is 16.3.